The Labute approximate surface area is 201 Å². The maximum absolute atomic E-state index is 13.1. The van der Waals surface area contributed by atoms with Crippen molar-refractivity contribution in [3.8, 4) is 5.75 Å². The van der Waals surface area contributed by atoms with Gasteiger partial charge in [0.1, 0.15) is 11.8 Å². The largest absolute Gasteiger partial charge is 0.484 e. The number of hydrogen-bond donors (Lipinski definition) is 1. The first-order chi connectivity index (χ1) is 15.1. The van der Waals surface area contributed by atoms with Crippen molar-refractivity contribution in [3.63, 3.8) is 0 Å². The lowest BCUT2D eigenvalue weighted by atomic mass is 10.0. The van der Waals surface area contributed by atoms with Crippen LogP contribution in [-0.2, 0) is 16.1 Å². The lowest BCUT2D eigenvalue weighted by Crippen LogP contribution is -2.49. The highest BCUT2D eigenvalue weighted by molar-refractivity contribution is 6.35. The van der Waals surface area contributed by atoms with E-state index in [2.05, 4.69) is 19.2 Å². The van der Waals surface area contributed by atoms with Crippen LogP contribution < -0.4 is 10.1 Å². The second kappa shape index (κ2) is 12.1. The molecule has 174 valence electrons. The highest BCUT2D eigenvalue weighted by Crippen LogP contribution is 2.24. The van der Waals surface area contributed by atoms with E-state index >= 15 is 0 Å². The van der Waals surface area contributed by atoms with Crippen molar-refractivity contribution in [1.82, 2.24) is 10.2 Å². The van der Waals surface area contributed by atoms with E-state index in [1.165, 1.54) is 10.5 Å². The Hall–Kier alpha value is -2.24. The van der Waals surface area contributed by atoms with Crippen molar-refractivity contribution in [2.75, 3.05) is 13.2 Å². The summed E-state index contributed by atoms with van der Waals surface area (Å²) < 4.78 is 5.72. The minimum Gasteiger partial charge on any atom is -0.484 e. The van der Waals surface area contributed by atoms with Gasteiger partial charge in [0.05, 0.1) is 0 Å². The first-order valence-corrected chi connectivity index (χ1v) is 11.6. The highest BCUT2D eigenvalue weighted by Gasteiger charge is 2.27. The van der Waals surface area contributed by atoms with Crippen LogP contribution in [0.1, 0.15) is 51.7 Å². The maximum atomic E-state index is 13.1. The molecule has 0 aliphatic carbocycles. The van der Waals surface area contributed by atoms with Crippen LogP contribution in [0.5, 0.6) is 5.75 Å². The van der Waals surface area contributed by atoms with Gasteiger partial charge in [0.2, 0.25) is 5.91 Å². The first-order valence-electron chi connectivity index (χ1n) is 10.8. The molecule has 0 aromatic heterocycles. The van der Waals surface area contributed by atoms with Gasteiger partial charge < -0.3 is 15.0 Å². The zero-order valence-electron chi connectivity index (χ0n) is 19.3. The molecule has 1 unspecified atom stereocenters. The number of ether oxygens (including phenoxy) is 1. The predicted octanol–water partition coefficient (Wildman–Crippen LogP) is 5.69. The molecule has 0 saturated heterocycles. The van der Waals surface area contributed by atoms with Crippen LogP contribution in [-0.4, -0.2) is 35.9 Å². The molecule has 7 heteroatoms. The molecule has 32 heavy (non-hydrogen) atoms. The van der Waals surface area contributed by atoms with E-state index in [1.54, 1.807) is 25.1 Å². The number of nitrogens with one attached hydrogen (secondary N) is 1. The van der Waals surface area contributed by atoms with Gasteiger partial charge in [-0.05, 0) is 54.2 Å². The molecule has 0 aliphatic heterocycles. The quantitative estimate of drug-likeness (QED) is 0.477. The average molecular weight is 479 g/mol. The van der Waals surface area contributed by atoms with E-state index in [4.69, 9.17) is 27.9 Å². The zero-order valence-corrected chi connectivity index (χ0v) is 20.8. The molecule has 0 spiro atoms. The van der Waals surface area contributed by atoms with Crippen molar-refractivity contribution < 1.29 is 14.3 Å². The van der Waals surface area contributed by atoms with E-state index in [-0.39, 0.29) is 25.0 Å². The molecule has 2 aromatic carbocycles. The summed E-state index contributed by atoms with van der Waals surface area (Å²) in [6.45, 7) is 10.5. The summed E-state index contributed by atoms with van der Waals surface area (Å²) in [6, 6.07) is 12.1. The first kappa shape index (κ1) is 26.0. The third kappa shape index (κ3) is 7.72. The summed E-state index contributed by atoms with van der Waals surface area (Å²) in [5.41, 5.74) is 1.90. The van der Waals surface area contributed by atoms with Gasteiger partial charge in [-0.2, -0.15) is 0 Å². The Bertz CT molecular complexity index is 914. The van der Waals surface area contributed by atoms with Gasteiger partial charge in [-0.3, -0.25) is 9.59 Å². The Morgan fingerprint density at radius 3 is 2.22 bits per heavy atom. The molecule has 0 fully saturated rings. The fourth-order valence-electron chi connectivity index (χ4n) is 3.05. The highest BCUT2D eigenvalue weighted by atomic mass is 35.5. The average Bonchev–Trinajstić information content (AvgIpc) is 2.75. The predicted molar refractivity (Wildman–Crippen MR) is 130 cm³/mol. The van der Waals surface area contributed by atoms with Crippen molar-refractivity contribution in [1.29, 1.82) is 0 Å². The second-order valence-electron chi connectivity index (χ2n) is 8.58. The Balaban J connectivity index is 2.15. The van der Waals surface area contributed by atoms with Gasteiger partial charge in [0.15, 0.2) is 6.61 Å². The molecule has 2 amide bonds. The van der Waals surface area contributed by atoms with Crippen LogP contribution in [0.4, 0.5) is 0 Å². The molecular weight excluding hydrogens is 447 g/mol. The van der Waals surface area contributed by atoms with Gasteiger partial charge in [-0.1, -0.05) is 69.1 Å². The molecule has 0 aliphatic rings. The van der Waals surface area contributed by atoms with Crippen molar-refractivity contribution >= 4 is 35.0 Å². The fraction of sp³-hybridized carbons (Fsp3) is 0.440. The lowest BCUT2D eigenvalue weighted by molar-refractivity contribution is -0.142. The van der Waals surface area contributed by atoms with Crippen LogP contribution in [0.15, 0.2) is 42.5 Å². The SMILES string of the molecule is CC(C)CNC(=O)C(C)N(Cc1ccc(Cl)cc1Cl)C(=O)COc1ccc(C(C)C)cc1. The van der Waals surface area contributed by atoms with E-state index in [0.29, 0.717) is 39.7 Å². The molecule has 5 nitrogen and oxygen atoms in total. The number of amides is 2. The van der Waals surface area contributed by atoms with E-state index in [1.807, 2.05) is 38.1 Å². The van der Waals surface area contributed by atoms with Gasteiger partial charge >= 0.3 is 0 Å². The number of rotatable bonds is 10. The van der Waals surface area contributed by atoms with Crippen LogP contribution in [0, 0.1) is 5.92 Å². The van der Waals surface area contributed by atoms with Crippen LogP contribution in [0.3, 0.4) is 0 Å². The molecule has 1 atom stereocenters. The Morgan fingerprint density at radius 1 is 1.00 bits per heavy atom. The van der Waals surface area contributed by atoms with E-state index in [0.717, 1.165) is 0 Å². The molecule has 0 saturated carbocycles. The summed E-state index contributed by atoms with van der Waals surface area (Å²) in [4.78, 5) is 27.3. The monoisotopic (exact) mass is 478 g/mol. The molecule has 2 aromatic rings. The fourth-order valence-corrected chi connectivity index (χ4v) is 3.51. The molecule has 1 N–H and O–H groups in total. The number of halogens is 2. The van der Waals surface area contributed by atoms with Gasteiger partial charge in [-0.15, -0.1) is 0 Å². The van der Waals surface area contributed by atoms with E-state index < -0.39 is 6.04 Å². The van der Waals surface area contributed by atoms with Crippen LogP contribution in [0.2, 0.25) is 10.0 Å². The molecule has 0 bridgehead atoms. The smallest absolute Gasteiger partial charge is 0.261 e. The molecular formula is C25H32Cl2N2O3. The minimum atomic E-state index is -0.695. The zero-order chi connectivity index (χ0) is 23.8. The van der Waals surface area contributed by atoms with Crippen molar-refractivity contribution in [2.45, 2.75) is 53.1 Å². The number of hydrogen-bond acceptors (Lipinski definition) is 3. The maximum Gasteiger partial charge on any atom is 0.261 e. The topological polar surface area (TPSA) is 58.6 Å². The Kier molecular flexibility index (Phi) is 9.85. The molecule has 0 radical (unpaired) electrons. The van der Waals surface area contributed by atoms with Gasteiger partial charge in [-0.25, -0.2) is 0 Å². The van der Waals surface area contributed by atoms with Crippen LogP contribution in [0.25, 0.3) is 0 Å². The lowest BCUT2D eigenvalue weighted by Gasteiger charge is -2.29. The normalized spacial score (nSPS) is 12.0. The number of carbonyl (C=O) groups excluding carboxylic acids is 2. The van der Waals surface area contributed by atoms with Crippen LogP contribution >= 0.6 is 23.2 Å². The Morgan fingerprint density at radius 2 is 1.66 bits per heavy atom. The third-order valence-electron chi connectivity index (χ3n) is 5.12. The van der Waals surface area contributed by atoms with E-state index in [9.17, 15) is 9.59 Å². The summed E-state index contributed by atoms with van der Waals surface area (Å²) in [5, 5.41) is 3.84. The second-order valence-corrected chi connectivity index (χ2v) is 9.43. The number of nitrogens with zero attached hydrogens (tertiary/aromatic N) is 1. The number of benzene rings is 2. The summed E-state index contributed by atoms with van der Waals surface area (Å²) in [7, 11) is 0. The van der Waals surface area contributed by atoms with Gasteiger partial charge in [0, 0.05) is 23.1 Å². The summed E-state index contributed by atoms with van der Waals surface area (Å²) >= 11 is 12.3. The number of carbonyl (C=O) groups is 2. The standard InChI is InChI=1S/C25H32Cl2N2O3/c1-16(2)13-28-25(31)18(5)29(14-20-6-9-21(26)12-23(20)27)24(30)15-32-22-10-7-19(8-11-22)17(3)4/h6-12,16-18H,13-15H2,1-5H3,(H,28,31). The third-order valence-corrected chi connectivity index (χ3v) is 5.70. The molecule has 0 heterocycles. The van der Waals surface area contributed by atoms with Crippen molar-refractivity contribution in [3.05, 3.63) is 63.6 Å². The summed E-state index contributed by atoms with van der Waals surface area (Å²) in [6.07, 6.45) is 0. The van der Waals surface area contributed by atoms with Gasteiger partial charge in [0.25, 0.3) is 5.91 Å². The van der Waals surface area contributed by atoms with Crippen molar-refractivity contribution in [2.24, 2.45) is 5.92 Å². The molecule has 2 rings (SSSR count). The minimum absolute atomic E-state index is 0.167. The summed E-state index contributed by atoms with van der Waals surface area (Å²) in [5.74, 6) is 0.785.